The van der Waals surface area contributed by atoms with Gasteiger partial charge in [0, 0.05) is 5.56 Å². The first kappa shape index (κ1) is 11.8. The summed E-state index contributed by atoms with van der Waals surface area (Å²) in [5, 5.41) is 7.53. The summed E-state index contributed by atoms with van der Waals surface area (Å²) in [6.07, 6.45) is 0. The molecule has 1 aromatic carbocycles. The maximum atomic E-state index is 11.3. The quantitative estimate of drug-likeness (QED) is 0.621. The van der Waals surface area contributed by atoms with Gasteiger partial charge in [-0.15, -0.1) is 21.8 Å². The number of aromatic nitrogens is 2. The molecule has 0 amide bonds. The Bertz CT molecular complexity index is 563. The number of nitrogens with zero attached hydrogens (tertiary/aromatic N) is 2. The van der Waals surface area contributed by atoms with Gasteiger partial charge < -0.3 is 4.42 Å². The standard InChI is InChI=1S/C12H11ClN2O2/c1-7-3-4-9(8(2)5-7)11-14-15-12(17-11)10(16)6-13/h3-5H,6H2,1-2H3. The molecule has 0 saturated heterocycles. The third-order valence-corrected chi connectivity index (χ3v) is 2.64. The van der Waals surface area contributed by atoms with E-state index >= 15 is 0 Å². The van der Waals surface area contributed by atoms with E-state index < -0.39 is 0 Å². The van der Waals surface area contributed by atoms with Crippen LogP contribution in [-0.4, -0.2) is 21.9 Å². The smallest absolute Gasteiger partial charge is 0.285 e. The van der Waals surface area contributed by atoms with Crippen LogP contribution in [0.25, 0.3) is 11.5 Å². The average molecular weight is 251 g/mol. The fraction of sp³-hybridized carbons (Fsp3) is 0.250. The fourth-order valence-corrected chi connectivity index (χ4v) is 1.67. The van der Waals surface area contributed by atoms with Crippen molar-refractivity contribution < 1.29 is 9.21 Å². The largest absolute Gasteiger partial charge is 0.414 e. The van der Waals surface area contributed by atoms with E-state index in [0.717, 1.165) is 16.7 Å². The number of carbonyl (C=O) groups is 1. The molecule has 4 nitrogen and oxygen atoms in total. The van der Waals surface area contributed by atoms with Crippen molar-refractivity contribution in [1.29, 1.82) is 0 Å². The number of benzene rings is 1. The number of rotatable bonds is 3. The van der Waals surface area contributed by atoms with Crippen LogP contribution in [0.15, 0.2) is 22.6 Å². The highest BCUT2D eigenvalue weighted by Crippen LogP contribution is 2.23. The Balaban J connectivity index is 2.40. The second-order valence-electron chi connectivity index (χ2n) is 3.79. The van der Waals surface area contributed by atoms with E-state index in [-0.39, 0.29) is 17.6 Å². The molecule has 1 aromatic heterocycles. The van der Waals surface area contributed by atoms with Crippen molar-refractivity contribution in [1.82, 2.24) is 10.2 Å². The van der Waals surface area contributed by atoms with E-state index in [0.29, 0.717) is 5.89 Å². The summed E-state index contributed by atoms with van der Waals surface area (Å²) in [6, 6.07) is 5.87. The number of carbonyl (C=O) groups excluding carboxylic acids is 1. The summed E-state index contributed by atoms with van der Waals surface area (Å²) < 4.78 is 5.29. The Morgan fingerprint density at radius 3 is 2.76 bits per heavy atom. The predicted octanol–water partition coefficient (Wildman–Crippen LogP) is 2.77. The van der Waals surface area contributed by atoms with Crippen LogP contribution >= 0.6 is 11.6 Å². The Morgan fingerprint density at radius 1 is 1.35 bits per heavy atom. The molecule has 0 spiro atoms. The van der Waals surface area contributed by atoms with Crippen LogP contribution in [-0.2, 0) is 0 Å². The van der Waals surface area contributed by atoms with Crippen LogP contribution in [0.3, 0.4) is 0 Å². The summed E-state index contributed by atoms with van der Waals surface area (Å²) in [4.78, 5) is 11.3. The second kappa shape index (κ2) is 4.67. The molecule has 17 heavy (non-hydrogen) atoms. The predicted molar refractivity (Wildman–Crippen MR) is 64.3 cm³/mol. The minimum atomic E-state index is -0.366. The number of alkyl halides is 1. The lowest BCUT2D eigenvalue weighted by Gasteiger charge is -2.01. The molecule has 0 unspecified atom stereocenters. The summed E-state index contributed by atoms with van der Waals surface area (Å²) in [5.41, 5.74) is 3.01. The minimum Gasteiger partial charge on any atom is -0.414 e. The number of hydrogen-bond acceptors (Lipinski definition) is 4. The Morgan fingerprint density at radius 2 is 2.12 bits per heavy atom. The first-order valence-electron chi connectivity index (χ1n) is 5.12. The molecular formula is C12H11ClN2O2. The number of ketones is 1. The van der Waals surface area contributed by atoms with Crippen LogP contribution in [0.2, 0.25) is 0 Å². The molecule has 2 aromatic rings. The molecule has 88 valence electrons. The molecule has 0 radical (unpaired) electrons. The normalized spacial score (nSPS) is 10.5. The lowest BCUT2D eigenvalue weighted by atomic mass is 10.1. The van der Waals surface area contributed by atoms with Gasteiger partial charge in [-0.25, -0.2) is 0 Å². The Kier molecular flexibility index (Phi) is 3.24. The number of aryl methyl sites for hydroxylation is 2. The zero-order valence-corrected chi connectivity index (χ0v) is 10.3. The Hall–Kier alpha value is -1.68. The highest BCUT2D eigenvalue weighted by atomic mass is 35.5. The molecule has 0 N–H and O–H groups in total. The van der Waals surface area contributed by atoms with Gasteiger partial charge in [-0.2, -0.15) is 0 Å². The maximum Gasteiger partial charge on any atom is 0.285 e. The third-order valence-electron chi connectivity index (χ3n) is 2.40. The summed E-state index contributed by atoms with van der Waals surface area (Å²) >= 11 is 5.42. The molecule has 0 saturated carbocycles. The SMILES string of the molecule is Cc1ccc(-c2nnc(C(=O)CCl)o2)c(C)c1. The van der Waals surface area contributed by atoms with Crippen LogP contribution in [0.4, 0.5) is 0 Å². The third kappa shape index (κ3) is 2.36. The van der Waals surface area contributed by atoms with E-state index in [9.17, 15) is 4.79 Å². The van der Waals surface area contributed by atoms with Crippen LogP contribution in [0, 0.1) is 13.8 Å². The van der Waals surface area contributed by atoms with Gasteiger partial charge in [-0.1, -0.05) is 17.7 Å². The molecular weight excluding hydrogens is 240 g/mol. The van der Waals surface area contributed by atoms with Crippen molar-refractivity contribution in [2.45, 2.75) is 13.8 Å². The van der Waals surface area contributed by atoms with Gasteiger partial charge in [0.15, 0.2) is 0 Å². The van der Waals surface area contributed by atoms with Crippen molar-refractivity contribution >= 4 is 17.4 Å². The molecule has 0 fully saturated rings. The van der Waals surface area contributed by atoms with Crippen molar-refractivity contribution in [2.24, 2.45) is 0 Å². The lowest BCUT2D eigenvalue weighted by Crippen LogP contribution is -1.99. The first-order chi connectivity index (χ1) is 8.11. The Labute approximate surface area is 104 Å². The second-order valence-corrected chi connectivity index (χ2v) is 4.05. The van der Waals surface area contributed by atoms with Crippen molar-refractivity contribution in [2.75, 3.05) is 5.88 Å². The van der Waals surface area contributed by atoms with Crippen LogP contribution < -0.4 is 0 Å². The van der Waals surface area contributed by atoms with Crippen molar-refractivity contribution in [3.05, 3.63) is 35.2 Å². The van der Waals surface area contributed by atoms with E-state index in [4.69, 9.17) is 16.0 Å². The lowest BCUT2D eigenvalue weighted by molar-refractivity contribution is 0.0985. The van der Waals surface area contributed by atoms with Gasteiger partial charge in [0.2, 0.25) is 11.7 Å². The highest BCUT2D eigenvalue weighted by Gasteiger charge is 2.15. The van der Waals surface area contributed by atoms with Gasteiger partial charge in [-0.05, 0) is 25.5 Å². The van der Waals surface area contributed by atoms with Crippen molar-refractivity contribution in [3.8, 4) is 11.5 Å². The van der Waals surface area contributed by atoms with Gasteiger partial charge in [0.05, 0.1) is 5.88 Å². The minimum absolute atomic E-state index is 0.0463. The van der Waals surface area contributed by atoms with E-state index in [2.05, 4.69) is 10.2 Å². The van der Waals surface area contributed by atoms with E-state index in [1.807, 2.05) is 32.0 Å². The van der Waals surface area contributed by atoms with Gasteiger partial charge in [0.1, 0.15) is 0 Å². The fourth-order valence-electron chi connectivity index (χ4n) is 1.56. The zero-order valence-electron chi connectivity index (χ0n) is 9.53. The molecule has 0 aliphatic rings. The molecule has 0 aliphatic heterocycles. The van der Waals surface area contributed by atoms with Crippen molar-refractivity contribution in [3.63, 3.8) is 0 Å². The first-order valence-corrected chi connectivity index (χ1v) is 5.65. The number of halogens is 1. The van der Waals surface area contributed by atoms with Gasteiger partial charge in [-0.3, -0.25) is 4.79 Å². The van der Waals surface area contributed by atoms with Gasteiger partial charge in [0.25, 0.3) is 5.89 Å². The molecule has 1 heterocycles. The van der Waals surface area contributed by atoms with Crippen LogP contribution in [0.5, 0.6) is 0 Å². The van der Waals surface area contributed by atoms with Gasteiger partial charge >= 0.3 is 0 Å². The highest BCUT2D eigenvalue weighted by molar-refractivity contribution is 6.29. The summed E-state index contributed by atoms with van der Waals surface area (Å²) in [5.74, 6) is -0.227. The topological polar surface area (TPSA) is 56.0 Å². The molecule has 0 aliphatic carbocycles. The number of Topliss-reactive ketones (excluding diaryl/α,β-unsaturated/α-hetero) is 1. The number of hydrogen-bond donors (Lipinski definition) is 0. The molecule has 0 bridgehead atoms. The average Bonchev–Trinajstić information content (AvgIpc) is 2.77. The monoisotopic (exact) mass is 250 g/mol. The van der Waals surface area contributed by atoms with Crippen LogP contribution in [0.1, 0.15) is 21.8 Å². The van der Waals surface area contributed by atoms with E-state index in [1.165, 1.54) is 0 Å². The van der Waals surface area contributed by atoms with E-state index in [1.54, 1.807) is 0 Å². The maximum absolute atomic E-state index is 11.3. The molecule has 2 rings (SSSR count). The summed E-state index contributed by atoms with van der Waals surface area (Å²) in [7, 11) is 0. The molecule has 0 atom stereocenters. The molecule has 5 heteroatoms. The summed E-state index contributed by atoms with van der Waals surface area (Å²) in [6.45, 7) is 3.96. The zero-order chi connectivity index (χ0) is 12.4.